The summed E-state index contributed by atoms with van der Waals surface area (Å²) >= 11 is 1.27. The van der Waals surface area contributed by atoms with Crippen molar-refractivity contribution >= 4 is 35.0 Å². The van der Waals surface area contributed by atoms with Crippen LogP contribution in [-0.4, -0.2) is 65.8 Å². The van der Waals surface area contributed by atoms with Gasteiger partial charge in [-0.1, -0.05) is 48.2 Å². The maximum atomic E-state index is 14.3. The van der Waals surface area contributed by atoms with E-state index in [0.29, 0.717) is 35.4 Å². The predicted molar refractivity (Wildman–Crippen MR) is 178 cm³/mol. The van der Waals surface area contributed by atoms with E-state index < -0.39 is 6.04 Å². The second kappa shape index (κ2) is 15.0. The first-order valence-corrected chi connectivity index (χ1v) is 16.0. The standard InChI is InChI=1S/C35H39N5O4S/c1-24-8-5-6-9-28(24)22-40(32(41)23-45-35-36-25(2)20-26(3)37-35)33(27-10-7-11-31(21-27)43-4)34(42)38-29-12-14-30(15-13-29)39-16-18-44-19-17-39/h5-15,20-21,33H,16-19,22-23H2,1-4H3,(H,38,42). The Hall–Kier alpha value is -4.41. The number of hydrogen-bond acceptors (Lipinski definition) is 8. The number of hydrogen-bond donors (Lipinski definition) is 1. The molecule has 45 heavy (non-hydrogen) atoms. The molecule has 0 radical (unpaired) electrons. The molecule has 1 unspecified atom stereocenters. The van der Waals surface area contributed by atoms with Crippen molar-refractivity contribution in [1.29, 1.82) is 0 Å². The van der Waals surface area contributed by atoms with Crippen LogP contribution in [0.5, 0.6) is 5.75 Å². The Morgan fingerprint density at radius 2 is 1.67 bits per heavy atom. The molecule has 234 valence electrons. The van der Waals surface area contributed by atoms with Gasteiger partial charge in [-0.3, -0.25) is 9.59 Å². The Balaban J connectivity index is 1.47. The van der Waals surface area contributed by atoms with E-state index in [-0.39, 0.29) is 24.1 Å². The smallest absolute Gasteiger partial charge is 0.251 e. The van der Waals surface area contributed by atoms with Crippen LogP contribution in [0.3, 0.4) is 0 Å². The van der Waals surface area contributed by atoms with E-state index in [2.05, 4.69) is 20.2 Å². The van der Waals surface area contributed by atoms with Crippen molar-refractivity contribution in [1.82, 2.24) is 14.9 Å². The molecular weight excluding hydrogens is 586 g/mol. The van der Waals surface area contributed by atoms with Gasteiger partial charge in [-0.05, 0) is 79.9 Å². The van der Waals surface area contributed by atoms with Crippen molar-refractivity contribution in [3.05, 3.63) is 107 Å². The first kappa shape index (κ1) is 32.0. The number of methoxy groups -OCH3 is 1. The lowest BCUT2D eigenvalue weighted by atomic mass is 10.0. The Morgan fingerprint density at radius 3 is 2.36 bits per heavy atom. The zero-order chi connectivity index (χ0) is 31.8. The second-order valence-corrected chi connectivity index (χ2v) is 11.9. The van der Waals surface area contributed by atoms with Crippen LogP contribution in [0.25, 0.3) is 0 Å². The van der Waals surface area contributed by atoms with Gasteiger partial charge in [0.05, 0.1) is 26.1 Å². The van der Waals surface area contributed by atoms with Crippen LogP contribution in [0.15, 0.2) is 84.0 Å². The quantitative estimate of drug-likeness (QED) is 0.166. The van der Waals surface area contributed by atoms with Crippen molar-refractivity contribution in [2.45, 2.75) is 38.5 Å². The molecule has 0 spiro atoms. The number of thioether (sulfide) groups is 1. The van der Waals surface area contributed by atoms with Gasteiger partial charge >= 0.3 is 0 Å². The largest absolute Gasteiger partial charge is 0.497 e. The van der Waals surface area contributed by atoms with Crippen LogP contribution in [0, 0.1) is 20.8 Å². The minimum absolute atomic E-state index is 0.0662. The molecule has 1 aliphatic heterocycles. The van der Waals surface area contributed by atoms with Crippen molar-refractivity contribution in [3.8, 4) is 5.75 Å². The number of carbonyl (C=O) groups is 2. The fraction of sp³-hybridized carbons (Fsp3) is 0.314. The molecule has 2 amide bonds. The number of amides is 2. The van der Waals surface area contributed by atoms with E-state index in [1.165, 1.54) is 11.8 Å². The number of benzene rings is 3. The number of aryl methyl sites for hydroxylation is 3. The van der Waals surface area contributed by atoms with Gasteiger partial charge in [0, 0.05) is 42.4 Å². The summed E-state index contributed by atoms with van der Waals surface area (Å²) in [6, 6.07) is 24.0. The number of anilines is 2. The zero-order valence-electron chi connectivity index (χ0n) is 26.2. The molecule has 2 heterocycles. The number of nitrogens with one attached hydrogen (secondary N) is 1. The Bertz CT molecular complexity index is 1600. The maximum absolute atomic E-state index is 14.3. The Kier molecular flexibility index (Phi) is 10.7. The third kappa shape index (κ3) is 8.40. The summed E-state index contributed by atoms with van der Waals surface area (Å²) < 4.78 is 11.0. The van der Waals surface area contributed by atoms with Gasteiger partial charge in [-0.25, -0.2) is 9.97 Å². The molecule has 1 atom stereocenters. The van der Waals surface area contributed by atoms with Crippen molar-refractivity contribution in [2.24, 2.45) is 0 Å². The molecule has 0 saturated carbocycles. The summed E-state index contributed by atoms with van der Waals surface area (Å²) in [6.45, 7) is 9.09. The van der Waals surface area contributed by atoms with Crippen LogP contribution in [-0.2, 0) is 20.9 Å². The number of morpholine rings is 1. The summed E-state index contributed by atoms with van der Waals surface area (Å²) in [6.07, 6.45) is 0. The van der Waals surface area contributed by atoms with Crippen LogP contribution in [0.4, 0.5) is 11.4 Å². The fourth-order valence-electron chi connectivity index (χ4n) is 5.33. The molecule has 1 N–H and O–H groups in total. The molecule has 1 saturated heterocycles. The summed E-state index contributed by atoms with van der Waals surface area (Å²) in [7, 11) is 1.58. The van der Waals surface area contributed by atoms with Gasteiger partial charge in [-0.2, -0.15) is 0 Å². The third-order valence-electron chi connectivity index (χ3n) is 7.69. The van der Waals surface area contributed by atoms with E-state index in [1.807, 2.05) is 99.6 Å². The van der Waals surface area contributed by atoms with Gasteiger partial charge in [0.25, 0.3) is 5.91 Å². The van der Waals surface area contributed by atoms with E-state index in [0.717, 1.165) is 41.3 Å². The SMILES string of the molecule is COc1cccc(C(C(=O)Nc2ccc(N3CCOCC3)cc2)N(Cc2ccccc2C)C(=O)CSc2nc(C)cc(C)n2)c1. The minimum Gasteiger partial charge on any atom is -0.497 e. The van der Waals surface area contributed by atoms with Gasteiger partial charge in [0.1, 0.15) is 11.8 Å². The second-order valence-electron chi connectivity index (χ2n) is 11.0. The number of aromatic nitrogens is 2. The minimum atomic E-state index is -0.938. The van der Waals surface area contributed by atoms with E-state index in [1.54, 1.807) is 12.0 Å². The Labute approximate surface area is 269 Å². The van der Waals surface area contributed by atoms with Gasteiger partial charge in [0.15, 0.2) is 5.16 Å². The van der Waals surface area contributed by atoms with Crippen LogP contribution < -0.4 is 15.0 Å². The molecule has 0 bridgehead atoms. The first-order valence-electron chi connectivity index (χ1n) is 15.0. The molecule has 1 aliphatic rings. The molecule has 10 heteroatoms. The highest BCUT2D eigenvalue weighted by molar-refractivity contribution is 7.99. The highest BCUT2D eigenvalue weighted by Gasteiger charge is 2.32. The fourth-order valence-corrected chi connectivity index (χ4v) is 6.17. The van der Waals surface area contributed by atoms with Crippen LogP contribution >= 0.6 is 11.8 Å². The summed E-state index contributed by atoms with van der Waals surface area (Å²) in [4.78, 5) is 41.3. The lowest BCUT2D eigenvalue weighted by Gasteiger charge is -2.32. The van der Waals surface area contributed by atoms with Gasteiger partial charge in [0.2, 0.25) is 5.91 Å². The number of nitrogens with zero attached hydrogens (tertiary/aromatic N) is 4. The van der Waals surface area contributed by atoms with Crippen molar-refractivity contribution in [2.75, 3.05) is 49.4 Å². The highest BCUT2D eigenvalue weighted by atomic mass is 32.2. The molecule has 4 aromatic rings. The van der Waals surface area contributed by atoms with Crippen LogP contribution in [0.1, 0.15) is 34.1 Å². The molecule has 5 rings (SSSR count). The lowest BCUT2D eigenvalue weighted by Crippen LogP contribution is -2.42. The van der Waals surface area contributed by atoms with E-state index in [9.17, 15) is 9.59 Å². The summed E-state index contributed by atoms with van der Waals surface area (Å²) in [5.74, 6) is 0.131. The third-order valence-corrected chi connectivity index (χ3v) is 8.52. The topological polar surface area (TPSA) is 96.9 Å². The van der Waals surface area contributed by atoms with Crippen molar-refractivity contribution in [3.63, 3.8) is 0 Å². The molecule has 1 aromatic heterocycles. The average Bonchev–Trinajstić information content (AvgIpc) is 3.04. The number of carbonyl (C=O) groups excluding carboxylic acids is 2. The molecule has 9 nitrogen and oxygen atoms in total. The van der Waals surface area contributed by atoms with Gasteiger partial charge in [-0.15, -0.1) is 0 Å². The Morgan fingerprint density at radius 1 is 0.956 bits per heavy atom. The molecular formula is C35H39N5O4S. The average molecular weight is 626 g/mol. The maximum Gasteiger partial charge on any atom is 0.251 e. The first-order chi connectivity index (χ1) is 21.8. The van der Waals surface area contributed by atoms with Crippen molar-refractivity contribution < 1.29 is 19.1 Å². The van der Waals surface area contributed by atoms with E-state index >= 15 is 0 Å². The molecule has 1 fully saturated rings. The molecule has 0 aliphatic carbocycles. The highest BCUT2D eigenvalue weighted by Crippen LogP contribution is 2.30. The number of ether oxygens (including phenoxy) is 2. The summed E-state index contributed by atoms with van der Waals surface area (Å²) in [5, 5.41) is 3.61. The monoisotopic (exact) mass is 625 g/mol. The normalized spacial score (nSPS) is 13.6. The molecule has 3 aromatic carbocycles. The predicted octanol–water partition coefficient (Wildman–Crippen LogP) is 5.75. The van der Waals surface area contributed by atoms with Gasteiger partial charge < -0.3 is 24.6 Å². The summed E-state index contributed by atoms with van der Waals surface area (Å²) in [5.41, 5.74) is 6.02. The lowest BCUT2D eigenvalue weighted by molar-refractivity contribution is -0.137. The van der Waals surface area contributed by atoms with Crippen LogP contribution in [0.2, 0.25) is 0 Å². The number of rotatable bonds is 11. The van der Waals surface area contributed by atoms with E-state index in [4.69, 9.17) is 9.47 Å². The zero-order valence-corrected chi connectivity index (χ0v) is 27.0.